The molecule has 2 aromatic carbocycles. The van der Waals surface area contributed by atoms with Crippen LogP contribution in [0.2, 0.25) is 0 Å². The van der Waals surface area contributed by atoms with Gasteiger partial charge in [-0.05, 0) is 55.3 Å². The van der Waals surface area contributed by atoms with Gasteiger partial charge in [-0.15, -0.1) is 0 Å². The second-order valence-corrected chi connectivity index (χ2v) is 8.54. The van der Waals surface area contributed by atoms with E-state index >= 15 is 0 Å². The molecule has 1 fully saturated rings. The molecule has 0 aliphatic carbocycles. The third kappa shape index (κ3) is 4.76. The zero-order valence-corrected chi connectivity index (χ0v) is 15.9. The topological polar surface area (TPSA) is 66.5 Å². The molecule has 5 nitrogen and oxygen atoms in total. The van der Waals surface area contributed by atoms with Crippen molar-refractivity contribution in [1.82, 2.24) is 4.31 Å². The van der Waals surface area contributed by atoms with Crippen LogP contribution in [0.5, 0.6) is 0 Å². The van der Waals surface area contributed by atoms with E-state index in [9.17, 15) is 30.8 Å². The number of alkyl halides is 3. The van der Waals surface area contributed by atoms with Crippen molar-refractivity contribution in [2.24, 2.45) is 0 Å². The van der Waals surface area contributed by atoms with E-state index in [0.29, 0.717) is 12.8 Å². The van der Waals surface area contributed by atoms with Crippen molar-refractivity contribution in [3.63, 3.8) is 0 Å². The maximum atomic E-state index is 13.1. The number of benzene rings is 2. The van der Waals surface area contributed by atoms with Gasteiger partial charge in [0.15, 0.2) is 0 Å². The summed E-state index contributed by atoms with van der Waals surface area (Å²) in [6, 6.07) is 7.29. The molecule has 3 rings (SSSR count). The van der Waals surface area contributed by atoms with Gasteiger partial charge >= 0.3 is 6.18 Å². The maximum absolute atomic E-state index is 13.1. The monoisotopic (exact) mass is 430 g/mol. The third-order valence-electron chi connectivity index (χ3n) is 4.63. The van der Waals surface area contributed by atoms with Crippen molar-refractivity contribution in [3.05, 3.63) is 59.9 Å². The second kappa shape index (κ2) is 8.11. The Morgan fingerprint density at radius 3 is 2.41 bits per heavy atom. The second-order valence-electron chi connectivity index (χ2n) is 6.65. The largest absolute Gasteiger partial charge is 0.416 e. The van der Waals surface area contributed by atoms with Gasteiger partial charge in [-0.3, -0.25) is 4.79 Å². The predicted molar refractivity (Wildman–Crippen MR) is 98.0 cm³/mol. The molecule has 1 N–H and O–H groups in total. The molecule has 1 aliphatic rings. The number of rotatable bonds is 4. The van der Waals surface area contributed by atoms with E-state index in [1.165, 1.54) is 6.07 Å². The van der Waals surface area contributed by atoms with Crippen molar-refractivity contribution in [1.29, 1.82) is 0 Å². The molecule has 0 spiro atoms. The lowest BCUT2D eigenvalue weighted by Gasteiger charge is -2.33. The minimum Gasteiger partial charge on any atom is -0.325 e. The van der Waals surface area contributed by atoms with Crippen LogP contribution in [0.1, 0.15) is 24.8 Å². The first kappa shape index (κ1) is 21.3. The van der Waals surface area contributed by atoms with Gasteiger partial charge in [0.25, 0.3) is 0 Å². The maximum Gasteiger partial charge on any atom is 0.416 e. The first-order valence-corrected chi connectivity index (χ1v) is 10.3. The Morgan fingerprint density at radius 1 is 1.07 bits per heavy atom. The van der Waals surface area contributed by atoms with Crippen LogP contribution in [0.15, 0.2) is 53.4 Å². The summed E-state index contributed by atoms with van der Waals surface area (Å²) < 4.78 is 78.6. The normalized spacial score (nSPS) is 18.4. The number of piperidine rings is 1. The Hall–Kier alpha value is -2.46. The van der Waals surface area contributed by atoms with Gasteiger partial charge in [0.2, 0.25) is 15.9 Å². The first-order chi connectivity index (χ1) is 13.6. The predicted octanol–water partition coefficient (Wildman–Crippen LogP) is 4.03. The molecular formula is C19H18F4N2O3S. The van der Waals surface area contributed by atoms with Crippen LogP contribution in [0.4, 0.5) is 23.2 Å². The summed E-state index contributed by atoms with van der Waals surface area (Å²) in [6.07, 6.45) is -3.21. The Labute approximate surface area is 165 Å². The van der Waals surface area contributed by atoms with E-state index in [4.69, 9.17) is 0 Å². The number of halogens is 4. The van der Waals surface area contributed by atoms with Crippen molar-refractivity contribution >= 4 is 21.6 Å². The van der Waals surface area contributed by atoms with Crippen LogP contribution in [0.25, 0.3) is 0 Å². The quantitative estimate of drug-likeness (QED) is 0.745. The van der Waals surface area contributed by atoms with E-state index in [2.05, 4.69) is 5.32 Å². The molecule has 1 atom stereocenters. The summed E-state index contributed by atoms with van der Waals surface area (Å²) in [7, 11) is -4.07. The molecule has 0 bridgehead atoms. The molecule has 1 saturated heterocycles. The highest BCUT2D eigenvalue weighted by molar-refractivity contribution is 7.89. The van der Waals surface area contributed by atoms with Crippen molar-refractivity contribution in [2.75, 3.05) is 11.9 Å². The fourth-order valence-electron chi connectivity index (χ4n) is 3.20. The molecule has 1 amide bonds. The Kier molecular flexibility index (Phi) is 5.95. The first-order valence-electron chi connectivity index (χ1n) is 8.84. The highest BCUT2D eigenvalue weighted by atomic mass is 32.2. The zero-order chi connectivity index (χ0) is 21.2. The van der Waals surface area contributed by atoms with Crippen molar-refractivity contribution < 1.29 is 30.8 Å². The van der Waals surface area contributed by atoms with Gasteiger partial charge in [-0.2, -0.15) is 17.5 Å². The summed E-state index contributed by atoms with van der Waals surface area (Å²) in [4.78, 5) is 12.6. The molecule has 10 heteroatoms. The molecule has 1 heterocycles. The van der Waals surface area contributed by atoms with Crippen LogP contribution < -0.4 is 5.32 Å². The molecule has 0 unspecified atom stereocenters. The lowest BCUT2D eigenvalue weighted by Crippen LogP contribution is -2.49. The standard InChI is InChI=1S/C19H18F4N2O3S/c20-14-7-9-16(10-8-14)29(27,28)25-11-2-1-6-17(25)18(26)24-15-5-3-4-13(12-15)19(21,22)23/h3-5,7-10,12,17H,1-2,6,11H2,(H,24,26)/t17-/m1/s1. The van der Waals surface area contributed by atoms with Gasteiger partial charge in [0.05, 0.1) is 10.5 Å². The lowest BCUT2D eigenvalue weighted by atomic mass is 10.0. The number of anilines is 1. The number of amides is 1. The van der Waals surface area contributed by atoms with Crippen LogP contribution in [0.3, 0.4) is 0 Å². The van der Waals surface area contributed by atoms with E-state index in [-0.39, 0.29) is 23.5 Å². The average Bonchev–Trinajstić information content (AvgIpc) is 2.68. The molecule has 2 aromatic rings. The fourth-order valence-corrected chi connectivity index (χ4v) is 4.85. The SMILES string of the molecule is O=C(Nc1cccc(C(F)(F)F)c1)[C@H]1CCCCN1S(=O)(=O)c1ccc(F)cc1. The summed E-state index contributed by atoms with van der Waals surface area (Å²) >= 11 is 0. The Balaban J connectivity index is 1.84. The summed E-state index contributed by atoms with van der Waals surface area (Å²) in [5.74, 6) is -1.31. The number of carbonyl (C=O) groups excluding carboxylic acids is 1. The van der Waals surface area contributed by atoms with Gasteiger partial charge in [0.1, 0.15) is 11.9 Å². The summed E-state index contributed by atoms with van der Waals surface area (Å²) in [5, 5.41) is 2.38. The van der Waals surface area contributed by atoms with Crippen LogP contribution in [-0.2, 0) is 21.0 Å². The number of nitrogens with zero attached hydrogens (tertiary/aromatic N) is 1. The lowest BCUT2D eigenvalue weighted by molar-refractivity contribution is -0.137. The molecule has 29 heavy (non-hydrogen) atoms. The number of nitrogens with one attached hydrogen (secondary N) is 1. The number of sulfonamides is 1. The Morgan fingerprint density at radius 2 is 1.76 bits per heavy atom. The van der Waals surface area contributed by atoms with Crippen LogP contribution in [0, 0.1) is 5.82 Å². The van der Waals surface area contributed by atoms with E-state index in [1.807, 2.05) is 0 Å². The molecule has 156 valence electrons. The minimum atomic E-state index is -4.57. The zero-order valence-electron chi connectivity index (χ0n) is 15.1. The Bertz CT molecular complexity index is 991. The van der Waals surface area contributed by atoms with Gasteiger partial charge < -0.3 is 5.32 Å². The van der Waals surface area contributed by atoms with E-state index in [0.717, 1.165) is 46.8 Å². The fraction of sp³-hybridized carbons (Fsp3) is 0.316. The highest BCUT2D eigenvalue weighted by Crippen LogP contribution is 2.31. The highest BCUT2D eigenvalue weighted by Gasteiger charge is 2.38. The summed E-state index contributed by atoms with van der Waals surface area (Å²) in [5.41, 5.74) is -0.996. The molecule has 0 saturated carbocycles. The van der Waals surface area contributed by atoms with E-state index in [1.54, 1.807) is 0 Å². The third-order valence-corrected chi connectivity index (χ3v) is 6.56. The number of hydrogen-bond donors (Lipinski definition) is 1. The molecule has 1 aliphatic heterocycles. The molecule has 0 aromatic heterocycles. The van der Waals surface area contributed by atoms with Crippen molar-refractivity contribution in [3.8, 4) is 0 Å². The van der Waals surface area contributed by atoms with Crippen LogP contribution in [-0.4, -0.2) is 31.2 Å². The van der Waals surface area contributed by atoms with Gasteiger partial charge in [-0.1, -0.05) is 12.5 Å². The van der Waals surface area contributed by atoms with Gasteiger partial charge in [0, 0.05) is 12.2 Å². The van der Waals surface area contributed by atoms with Gasteiger partial charge in [-0.25, -0.2) is 12.8 Å². The molecular weight excluding hydrogens is 412 g/mol. The number of carbonyl (C=O) groups is 1. The smallest absolute Gasteiger partial charge is 0.325 e. The van der Waals surface area contributed by atoms with Crippen molar-refractivity contribution in [2.45, 2.75) is 36.4 Å². The van der Waals surface area contributed by atoms with E-state index < -0.39 is 39.5 Å². The van der Waals surface area contributed by atoms with Crippen LogP contribution >= 0.6 is 0 Å². The number of hydrogen-bond acceptors (Lipinski definition) is 3. The average molecular weight is 430 g/mol. The minimum absolute atomic E-state index is 0.0745. The molecule has 0 radical (unpaired) electrons. The summed E-state index contributed by atoms with van der Waals surface area (Å²) in [6.45, 7) is 0.0837.